The summed E-state index contributed by atoms with van der Waals surface area (Å²) >= 11 is 0. The first kappa shape index (κ1) is 8.23. The highest BCUT2D eigenvalue weighted by Crippen LogP contribution is 1.99. The van der Waals surface area contributed by atoms with E-state index in [-0.39, 0.29) is 5.69 Å². The van der Waals surface area contributed by atoms with Gasteiger partial charge in [-0.1, -0.05) is 6.07 Å². The van der Waals surface area contributed by atoms with E-state index in [0.29, 0.717) is 5.69 Å². The molecule has 5 nitrogen and oxygen atoms in total. The van der Waals surface area contributed by atoms with Crippen molar-refractivity contribution < 1.29 is 4.79 Å². The molecule has 12 heavy (non-hydrogen) atoms. The van der Waals surface area contributed by atoms with Gasteiger partial charge in [0.05, 0.1) is 0 Å². The van der Waals surface area contributed by atoms with Gasteiger partial charge in [0, 0.05) is 10.6 Å². The van der Waals surface area contributed by atoms with Crippen LogP contribution in [0.1, 0.15) is 16.2 Å². The van der Waals surface area contributed by atoms with Crippen molar-refractivity contribution in [1.82, 2.24) is 4.98 Å². The zero-order chi connectivity index (χ0) is 8.97. The number of pyridine rings is 1. The lowest BCUT2D eigenvalue weighted by atomic mass is 10.3. The Morgan fingerprint density at radius 3 is 3.00 bits per heavy atom. The van der Waals surface area contributed by atoms with E-state index in [0.717, 1.165) is 0 Å². The fraction of sp³-hybridized carbons (Fsp3) is 0.143. The molecule has 1 rings (SSSR count). The molecule has 60 valence electrons. The minimum absolute atomic E-state index is 0.174. The molecule has 0 spiro atoms. The Kier molecular flexibility index (Phi) is 2.40. The molecule has 0 atom stereocenters. The second kappa shape index (κ2) is 3.50. The number of aryl methyl sites for hydroxylation is 1. The van der Waals surface area contributed by atoms with Gasteiger partial charge in [0.2, 0.25) is 0 Å². The molecular weight excluding hydrogens is 156 g/mol. The molecule has 0 aliphatic rings. The lowest BCUT2D eigenvalue weighted by Crippen LogP contribution is -1.97. The summed E-state index contributed by atoms with van der Waals surface area (Å²) in [6, 6.07) is 4.94. The highest BCUT2D eigenvalue weighted by Gasteiger charge is 2.02. The lowest BCUT2D eigenvalue weighted by Gasteiger charge is -1.93. The zero-order valence-electron chi connectivity index (χ0n) is 6.43. The number of aromatic nitrogens is 1. The number of azide groups is 1. The van der Waals surface area contributed by atoms with Gasteiger partial charge in [0.15, 0.2) is 0 Å². The number of rotatable bonds is 1. The lowest BCUT2D eigenvalue weighted by molar-refractivity contribution is 0.0995. The van der Waals surface area contributed by atoms with Gasteiger partial charge in [-0.15, -0.1) is 0 Å². The molecule has 1 heterocycles. The summed E-state index contributed by atoms with van der Waals surface area (Å²) in [5, 5.41) is 2.92. The van der Waals surface area contributed by atoms with Gasteiger partial charge in [-0.3, -0.25) is 4.79 Å². The third-order valence-electron chi connectivity index (χ3n) is 1.24. The maximum atomic E-state index is 10.9. The van der Waals surface area contributed by atoms with Crippen molar-refractivity contribution in [2.45, 2.75) is 6.92 Å². The molecule has 5 heteroatoms. The van der Waals surface area contributed by atoms with Crippen molar-refractivity contribution in [3.05, 3.63) is 40.0 Å². The first-order valence-electron chi connectivity index (χ1n) is 3.27. The van der Waals surface area contributed by atoms with E-state index < -0.39 is 5.91 Å². The molecule has 1 aromatic rings. The molecular formula is C7H6N4O. The van der Waals surface area contributed by atoms with Crippen LogP contribution in [0.4, 0.5) is 0 Å². The third-order valence-corrected chi connectivity index (χ3v) is 1.24. The summed E-state index contributed by atoms with van der Waals surface area (Å²) in [6.45, 7) is 1.76. The van der Waals surface area contributed by atoms with Crippen LogP contribution in [0.2, 0.25) is 0 Å². The largest absolute Gasteiger partial charge is 0.285 e. The van der Waals surface area contributed by atoms with Crippen molar-refractivity contribution in [3.8, 4) is 0 Å². The second-order valence-corrected chi connectivity index (χ2v) is 2.16. The van der Waals surface area contributed by atoms with Crippen LogP contribution in [0.15, 0.2) is 23.3 Å². The van der Waals surface area contributed by atoms with Crippen molar-refractivity contribution in [1.29, 1.82) is 0 Å². The number of amides is 1. The Balaban J connectivity index is 3.03. The molecule has 0 aliphatic carbocycles. The summed E-state index contributed by atoms with van der Waals surface area (Å²) < 4.78 is 0. The van der Waals surface area contributed by atoms with Crippen LogP contribution in [0.3, 0.4) is 0 Å². The van der Waals surface area contributed by atoms with Gasteiger partial charge >= 0.3 is 0 Å². The molecule has 0 radical (unpaired) electrons. The van der Waals surface area contributed by atoms with E-state index in [4.69, 9.17) is 5.53 Å². The highest BCUT2D eigenvalue weighted by molar-refractivity contribution is 5.92. The first-order chi connectivity index (χ1) is 5.74. The van der Waals surface area contributed by atoms with Gasteiger partial charge in [-0.2, -0.15) is 0 Å². The fourth-order valence-corrected chi connectivity index (χ4v) is 0.754. The quantitative estimate of drug-likeness (QED) is 0.358. The summed E-state index contributed by atoms with van der Waals surface area (Å²) in [7, 11) is 0. The first-order valence-corrected chi connectivity index (χ1v) is 3.27. The molecule has 0 unspecified atom stereocenters. The molecule has 0 aliphatic heterocycles. The predicted octanol–water partition coefficient (Wildman–Crippen LogP) is 1.84. The van der Waals surface area contributed by atoms with Gasteiger partial charge in [0.25, 0.3) is 5.91 Å². The Morgan fingerprint density at radius 2 is 2.42 bits per heavy atom. The number of hydrogen-bond acceptors (Lipinski definition) is 2. The smallest absolute Gasteiger partial charge is 0.267 e. The van der Waals surface area contributed by atoms with E-state index in [2.05, 4.69) is 15.0 Å². The van der Waals surface area contributed by atoms with Crippen LogP contribution in [0.25, 0.3) is 10.4 Å². The van der Waals surface area contributed by atoms with E-state index >= 15 is 0 Å². The number of carbonyl (C=O) groups is 1. The monoisotopic (exact) mass is 162 g/mol. The summed E-state index contributed by atoms with van der Waals surface area (Å²) in [5.74, 6) is -0.652. The summed E-state index contributed by atoms with van der Waals surface area (Å²) in [5.41, 5.74) is 8.87. The molecule has 0 bridgehead atoms. The molecule has 0 aromatic carbocycles. The summed E-state index contributed by atoms with van der Waals surface area (Å²) in [6.07, 6.45) is 0. The fourth-order valence-electron chi connectivity index (χ4n) is 0.754. The topological polar surface area (TPSA) is 78.7 Å². The minimum atomic E-state index is -0.652. The Hall–Kier alpha value is -1.87. The van der Waals surface area contributed by atoms with E-state index in [1.165, 1.54) is 6.07 Å². The normalized spacial score (nSPS) is 8.75. The van der Waals surface area contributed by atoms with Crippen molar-refractivity contribution in [2.24, 2.45) is 5.11 Å². The second-order valence-electron chi connectivity index (χ2n) is 2.16. The zero-order valence-corrected chi connectivity index (χ0v) is 6.43. The highest BCUT2D eigenvalue weighted by atomic mass is 16.1. The van der Waals surface area contributed by atoms with Gasteiger partial charge < -0.3 is 0 Å². The molecule has 0 N–H and O–H groups in total. The van der Waals surface area contributed by atoms with Crippen molar-refractivity contribution >= 4 is 5.91 Å². The average molecular weight is 162 g/mol. The standard InChI is InChI=1S/C7H6N4O/c1-5-3-2-4-6(9-5)7(12)10-11-8/h2-4H,1H3. The third kappa shape index (κ3) is 1.81. The van der Waals surface area contributed by atoms with Crippen LogP contribution in [0, 0.1) is 6.92 Å². The van der Waals surface area contributed by atoms with Crippen LogP contribution in [-0.4, -0.2) is 10.9 Å². The van der Waals surface area contributed by atoms with Crippen molar-refractivity contribution in [2.75, 3.05) is 0 Å². The SMILES string of the molecule is Cc1cccc(C(=O)N=[N+]=[N-])n1. The van der Waals surface area contributed by atoms with Crippen LogP contribution >= 0.6 is 0 Å². The maximum absolute atomic E-state index is 10.9. The predicted molar refractivity (Wildman–Crippen MR) is 42.5 cm³/mol. The van der Waals surface area contributed by atoms with Crippen LogP contribution < -0.4 is 0 Å². The number of hydrogen-bond donors (Lipinski definition) is 0. The van der Waals surface area contributed by atoms with Gasteiger partial charge in [-0.05, 0) is 29.7 Å². The van der Waals surface area contributed by atoms with Crippen LogP contribution in [0.5, 0.6) is 0 Å². The molecule has 0 fully saturated rings. The number of carbonyl (C=O) groups excluding carboxylic acids is 1. The maximum Gasteiger partial charge on any atom is 0.267 e. The Labute approximate surface area is 68.7 Å². The van der Waals surface area contributed by atoms with E-state index in [1.54, 1.807) is 19.1 Å². The Morgan fingerprint density at radius 1 is 1.67 bits per heavy atom. The van der Waals surface area contributed by atoms with Crippen LogP contribution in [-0.2, 0) is 0 Å². The molecule has 1 aromatic heterocycles. The molecule has 0 saturated carbocycles. The average Bonchev–Trinajstić information content (AvgIpc) is 2.05. The Bertz CT molecular complexity index is 354. The minimum Gasteiger partial charge on any atom is -0.285 e. The van der Waals surface area contributed by atoms with Gasteiger partial charge in [-0.25, -0.2) is 4.98 Å². The van der Waals surface area contributed by atoms with E-state index in [9.17, 15) is 4.79 Å². The van der Waals surface area contributed by atoms with Gasteiger partial charge in [0.1, 0.15) is 5.69 Å². The number of nitrogens with zero attached hydrogens (tertiary/aromatic N) is 4. The molecule has 0 saturated heterocycles. The van der Waals surface area contributed by atoms with E-state index in [1.807, 2.05) is 0 Å². The summed E-state index contributed by atoms with van der Waals surface area (Å²) in [4.78, 5) is 17.2. The molecule has 1 amide bonds. The van der Waals surface area contributed by atoms with Crippen molar-refractivity contribution in [3.63, 3.8) is 0 Å².